The Hall–Kier alpha value is -1.62. The van der Waals surface area contributed by atoms with Crippen LogP contribution in [-0.2, 0) is 0 Å². The van der Waals surface area contributed by atoms with E-state index >= 15 is 0 Å². The third-order valence-corrected chi connectivity index (χ3v) is 3.35. The van der Waals surface area contributed by atoms with Crippen LogP contribution < -0.4 is 10.1 Å². The van der Waals surface area contributed by atoms with E-state index in [1.54, 1.807) is 11.3 Å². The molecule has 0 aliphatic carbocycles. The number of rotatable bonds is 6. The molecule has 102 valence electrons. The minimum absolute atomic E-state index is 0.192. The molecule has 1 aromatic heterocycles. The van der Waals surface area contributed by atoms with Crippen LogP contribution in [-0.4, -0.2) is 22.8 Å². The molecule has 0 spiro atoms. The smallest absolute Gasteiger partial charge is 0.206 e. The molecule has 2 rings (SSSR count). The van der Waals surface area contributed by atoms with Crippen LogP contribution in [0.4, 0.5) is 5.13 Å². The van der Waals surface area contributed by atoms with Gasteiger partial charge in [-0.15, -0.1) is 10.2 Å². The van der Waals surface area contributed by atoms with Crippen molar-refractivity contribution in [2.24, 2.45) is 0 Å². The molecule has 1 aromatic carbocycles. The summed E-state index contributed by atoms with van der Waals surface area (Å²) in [5, 5.41) is 13.4. The Bertz CT molecular complexity index is 508. The van der Waals surface area contributed by atoms with Gasteiger partial charge in [-0.25, -0.2) is 0 Å². The maximum absolute atomic E-state index is 5.62. The van der Waals surface area contributed by atoms with E-state index in [9.17, 15) is 0 Å². The van der Waals surface area contributed by atoms with Crippen LogP contribution in [0.3, 0.4) is 0 Å². The summed E-state index contributed by atoms with van der Waals surface area (Å²) in [6.07, 6.45) is 1.27. The summed E-state index contributed by atoms with van der Waals surface area (Å²) in [7, 11) is 0. The highest BCUT2D eigenvalue weighted by Gasteiger charge is 2.06. The number of nitrogens with zero attached hydrogens (tertiary/aromatic N) is 2. The third-order valence-electron chi connectivity index (χ3n) is 2.42. The molecule has 0 saturated carbocycles. The molecule has 0 bridgehead atoms. The van der Waals surface area contributed by atoms with Gasteiger partial charge in [0, 0.05) is 12.1 Å². The lowest BCUT2D eigenvalue weighted by Crippen LogP contribution is -2.05. The van der Waals surface area contributed by atoms with Crippen molar-refractivity contribution < 1.29 is 4.74 Å². The minimum atomic E-state index is 0.192. The number of aromatic nitrogens is 2. The van der Waals surface area contributed by atoms with Crippen LogP contribution >= 0.6 is 11.3 Å². The lowest BCUT2D eigenvalue weighted by atomic mass is 10.2. The summed E-state index contributed by atoms with van der Waals surface area (Å²) in [5.74, 6) is 0.882. The predicted octanol–water partition coefficient (Wildman–Crippen LogP) is 3.81. The lowest BCUT2D eigenvalue weighted by molar-refractivity contribution is 0.242. The average Bonchev–Trinajstić information content (AvgIpc) is 2.85. The van der Waals surface area contributed by atoms with Crippen LogP contribution in [0.1, 0.15) is 27.2 Å². The topological polar surface area (TPSA) is 47.0 Å². The Morgan fingerprint density at radius 3 is 2.58 bits per heavy atom. The lowest BCUT2D eigenvalue weighted by Gasteiger charge is -2.09. The van der Waals surface area contributed by atoms with Crippen LogP contribution in [0.15, 0.2) is 24.3 Å². The number of hydrogen-bond donors (Lipinski definition) is 1. The first-order valence-corrected chi connectivity index (χ1v) is 7.35. The van der Waals surface area contributed by atoms with Crippen LogP contribution in [0.5, 0.6) is 5.75 Å². The normalized spacial score (nSPS) is 10.7. The van der Waals surface area contributed by atoms with Gasteiger partial charge in [0.1, 0.15) is 10.8 Å². The van der Waals surface area contributed by atoms with Crippen LogP contribution in [0.2, 0.25) is 0 Å². The average molecular weight is 277 g/mol. The highest BCUT2D eigenvalue weighted by Crippen LogP contribution is 2.27. The molecule has 4 nitrogen and oxygen atoms in total. The zero-order chi connectivity index (χ0) is 13.7. The molecule has 5 heteroatoms. The Morgan fingerprint density at radius 2 is 1.95 bits per heavy atom. The Balaban J connectivity index is 2.07. The SMILES string of the molecule is CCCNc1nnc(-c2ccc(OC(C)C)cc2)s1. The molecular weight excluding hydrogens is 258 g/mol. The largest absolute Gasteiger partial charge is 0.491 e. The van der Waals surface area contributed by atoms with Crippen molar-refractivity contribution in [1.82, 2.24) is 10.2 Å². The number of hydrogen-bond acceptors (Lipinski definition) is 5. The summed E-state index contributed by atoms with van der Waals surface area (Å²) in [6, 6.07) is 7.97. The van der Waals surface area contributed by atoms with E-state index in [0.29, 0.717) is 0 Å². The van der Waals surface area contributed by atoms with Crippen molar-refractivity contribution in [3.05, 3.63) is 24.3 Å². The van der Waals surface area contributed by atoms with Crippen molar-refractivity contribution in [2.45, 2.75) is 33.3 Å². The standard InChI is InChI=1S/C14H19N3OS/c1-4-9-15-14-17-16-13(19-14)11-5-7-12(8-6-11)18-10(2)3/h5-8,10H,4,9H2,1-3H3,(H,15,17). The van der Waals surface area contributed by atoms with Gasteiger partial charge in [-0.2, -0.15) is 0 Å². The number of benzene rings is 1. The van der Waals surface area contributed by atoms with Gasteiger partial charge >= 0.3 is 0 Å². The monoisotopic (exact) mass is 277 g/mol. The number of ether oxygens (including phenoxy) is 1. The fourth-order valence-corrected chi connectivity index (χ4v) is 2.37. The zero-order valence-electron chi connectivity index (χ0n) is 11.5. The van der Waals surface area contributed by atoms with Crippen molar-refractivity contribution >= 4 is 16.5 Å². The second-order valence-electron chi connectivity index (χ2n) is 4.53. The zero-order valence-corrected chi connectivity index (χ0v) is 12.3. The van der Waals surface area contributed by atoms with Gasteiger partial charge in [0.2, 0.25) is 5.13 Å². The molecule has 1 N–H and O–H groups in total. The summed E-state index contributed by atoms with van der Waals surface area (Å²) >= 11 is 1.57. The molecule has 0 radical (unpaired) electrons. The summed E-state index contributed by atoms with van der Waals surface area (Å²) in [6.45, 7) is 7.09. The molecule has 1 heterocycles. The molecule has 0 atom stereocenters. The first kappa shape index (κ1) is 13.8. The third kappa shape index (κ3) is 3.92. The van der Waals surface area contributed by atoms with Crippen LogP contribution in [0.25, 0.3) is 10.6 Å². The number of nitrogens with one attached hydrogen (secondary N) is 1. The van der Waals surface area contributed by atoms with Gasteiger partial charge in [-0.05, 0) is 44.5 Å². The Morgan fingerprint density at radius 1 is 1.21 bits per heavy atom. The maximum atomic E-state index is 5.62. The molecule has 0 saturated heterocycles. The molecule has 0 amide bonds. The second-order valence-corrected chi connectivity index (χ2v) is 5.51. The molecule has 19 heavy (non-hydrogen) atoms. The maximum Gasteiger partial charge on any atom is 0.206 e. The molecule has 0 aliphatic rings. The van der Waals surface area contributed by atoms with E-state index < -0.39 is 0 Å². The van der Waals surface area contributed by atoms with Gasteiger partial charge in [0.15, 0.2) is 0 Å². The summed E-state index contributed by atoms with van der Waals surface area (Å²) < 4.78 is 5.62. The Kier molecular flexibility index (Phi) is 4.74. The van der Waals surface area contributed by atoms with Crippen molar-refractivity contribution in [3.63, 3.8) is 0 Å². The highest BCUT2D eigenvalue weighted by atomic mass is 32.1. The predicted molar refractivity (Wildman–Crippen MR) is 79.9 cm³/mol. The van der Waals surface area contributed by atoms with Gasteiger partial charge < -0.3 is 10.1 Å². The molecule has 2 aromatic rings. The second kappa shape index (κ2) is 6.52. The quantitative estimate of drug-likeness (QED) is 0.872. The molecule has 0 fully saturated rings. The van der Waals surface area contributed by atoms with Crippen molar-refractivity contribution in [1.29, 1.82) is 0 Å². The van der Waals surface area contributed by atoms with E-state index in [1.807, 2.05) is 38.1 Å². The first-order chi connectivity index (χ1) is 9.19. The van der Waals surface area contributed by atoms with Crippen molar-refractivity contribution in [2.75, 3.05) is 11.9 Å². The summed E-state index contributed by atoms with van der Waals surface area (Å²) in [4.78, 5) is 0. The van der Waals surface area contributed by atoms with E-state index in [-0.39, 0.29) is 6.10 Å². The van der Waals surface area contributed by atoms with E-state index in [4.69, 9.17) is 4.74 Å². The van der Waals surface area contributed by atoms with E-state index in [1.165, 1.54) is 0 Å². The van der Waals surface area contributed by atoms with Gasteiger partial charge in [0.25, 0.3) is 0 Å². The molecule has 0 aliphatic heterocycles. The van der Waals surface area contributed by atoms with Gasteiger partial charge in [0.05, 0.1) is 6.10 Å². The molecule has 0 unspecified atom stereocenters. The Labute approximate surface area is 117 Å². The van der Waals surface area contributed by atoms with Gasteiger partial charge in [-0.3, -0.25) is 0 Å². The van der Waals surface area contributed by atoms with Crippen molar-refractivity contribution in [3.8, 4) is 16.3 Å². The fourth-order valence-electron chi connectivity index (χ4n) is 1.59. The van der Waals surface area contributed by atoms with Crippen LogP contribution in [0, 0.1) is 0 Å². The number of anilines is 1. The van der Waals surface area contributed by atoms with Gasteiger partial charge in [-0.1, -0.05) is 18.3 Å². The minimum Gasteiger partial charge on any atom is -0.491 e. The summed E-state index contributed by atoms with van der Waals surface area (Å²) in [5.41, 5.74) is 1.07. The fraction of sp³-hybridized carbons (Fsp3) is 0.429. The van der Waals surface area contributed by atoms with E-state index in [0.717, 1.165) is 34.4 Å². The first-order valence-electron chi connectivity index (χ1n) is 6.53. The molecular formula is C14H19N3OS. The highest BCUT2D eigenvalue weighted by molar-refractivity contribution is 7.18. The van der Waals surface area contributed by atoms with E-state index in [2.05, 4.69) is 22.4 Å².